The molecule has 0 bridgehead atoms. The Morgan fingerprint density at radius 2 is 1.73 bits per heavy atom. The van der Waals surface area contributed by atoms with E-state index in [2.05, 4.69) is 5.32 Å². The Bertz CT molecular complexity index is 866. The monoisotopic (exact) mass is 445 g/mol. The Balaban J connectivity index is 2.50. The highest BCUT2D eigenvalue weighted by Gasteiger charge is 2.30. The van der Waals surface area contributed by atoms with Gasteiger partial charge in [-0.25, -0.2) is 0 Å². The lowest BCUT2D eigenvalue weighted by molar-refractivity contribution is -0.134. The van der Waals surface area contributed by atoms with Gasteiger partial charge in [0.05, 0.1) is 7.11 Å². The standard InChI is InChI=1S/C22H27ClF3NO3/c1-21(2,3)20(29)27-17-9-8-13(23)12-16(17)19(28)15-6-5-7-18(30-4)14(15)10-11-22(24,25)26/h5-9,12,19-20,27-29H,10-11H2,1-4H3. The van der Waals surface area contributed by atoms with Gasteiger partial charge in [-0.2, -0.15) is 13.2 Å². The summed E-state index contributed by atoms with van der Waals surface area (Å²) in [6.45, 7) is 5.52. The minimum absolute atomic E-state index is 0.266. The lowest BCUT2D eigenvalue weighted by Gasteiger charge is -2.29. The van der Waals surface area contributed by atoms with Crippen molar-refractivity contribution in [1.29, 1.82) is 0 Å². The molecular formula is C22H27ClF3NO3. The van der Waals surface area contributed by atoms with Crippen LogP contribution in [0, 0.1) is 5.41 Å². The van der Waals surface area contributed by atoms with Gasteiger partial charge >= 0.3 is 6.18 Å². The summed E-state index contributed by atoms with van der Waals surface area (Å²) in [7, 11) is 1.37. The van der Waals surface area contributed by atoms with E-state index in [9.17, 15) is 23.4 Å². The third-order valence-corrected chi connectivity index (χ3v) is 5.00. The van der Waals surface area contributed by atoms with Crippen LogP contribution in [-0.2, 0) is 6.42 Å². The summed E-state index contributed by atoms with van der Waals surface area (Å²) in [6.07, 6.45) is -7.94. The van der Waals surface area contributed by atoms with E-state index in [1.54, 1.807) is 30.3 Å². The molecule has 4 nitrogen and oxygen atoms in total. The summed E-state index contributed by atoms with van der Waals surface area (Å²) in [5, 5.41) is 24.9. The van der Waals surface area contributed by atoms with Crippen LogP contribution in [0.25, 0.3) is 0 Å². The molecule has 30 heavy (non-hydrogen) atoms. The van der Waals surface area contributed by atoms with Gasteiger partial charge in [0.25, 0.3) is 0 Å². The molecule has 2 unspecified atom stereocenters. The molecule has 0 saturated heterocycles. The second-order valence-corrected chi connectivity index (χ2v) is 8.63. The zero-order valence-corrected chi connectivity index (χ0v) is 18.1. The van der Waals surface area contributed by atoms with Crippen molar-refractivity contribution in [2.75, 3.05) is 12.4 Å². The number of alkyl halides is 3. The van der Waals surface area contributed by atoms with E-state index in [0.717, 1.165) is 0 Å². The molecule has 8 heteroatoms. The molecule has 0 aliphatic heterocycles. The van der Waals surface area contributed by atoms with E-state index in [1.807, 2.05) is 20.8 Å². The highest BCUT2D eigenvalue weighted by atomic mass is 35.5. The van der Waals surface area contributed by atoms with E-state index in [4.69, 9.17) is 16.3 Å². The molecule has 0 amide bonds. The van der Waals surface area contributed by atoms with Crippen molar-refractivity contribution in [3.05, 3.63) is 58.1 Å². The van der Waals surface area contributed by atoms with Crippen LogP contribution in [0.4, 0.5) is 18.9 Å². The Kier molecular flexibility index (Phi) is 7.66. The van der Waals surface area contributed by atoms with E-state index in [-0.39, 0.29) is 23.3 Å². The second-order valence-electron chi connectivity index (χ2n) is 8.19. The number of aliphatic hydroxyl groups is 2. The van der Waals surface area contributed by atoms with E-state index >= 15 is 0 Å². The average molecular weight is 446 g/mol. The molecule has 2 atom stereocenters. The van der Waals surface area contributed by atoms with Gasteiger partial charge in [-0.1, -0.05) is 44.5 Å². The predicted octanol–water partition coefficient (Wildman–Crippen LogP) is 5.70. The van der Waals surface area contributed by atoms with Gasteiger partial charge in [-0.3, -0.25) is 0 Å². The summed E-state index contributed by atoms with van der Waals surface area (Å²) in [4.78, 5) is 0. The van der Waals surface area contributed by atoms with Crippen molar-refractivity contribution in [2.24, 2.45) is 5.41 Å². The fourth-order valence-corrected chi connectivity index (χ4v) is 3.17. The first kappa shape index (κ1) is 24.3. The van der Waals surface area contributed by atoms with Crippen molar-refractivity contribution >= 4 is 17.3 Å². The number of aliphatic hydroxyl groups excluding tert-OH is 2. The Morgan fingerprint density at radius 1 is 1.07 bits per heavy atom. The molecule has 0 aromatic heterocycles. The number of anilines is 1. The highest BCUT2D eigenvalue weighted by molar-refractivity contribution is 6.30. The van der Waals surface area contributed by atoms with Crippen molar-refractivity contribution in [3.8, 4) is 5.75 Å². The average Bonchev–Trinajstić information content (AvgIpc) is 2.65. The fourth-order valence-electron chi connectivity index (χ4n) is 2.99. The van der Waals surface area contributed by atoms with E-state index < -0.39 is 30.3 Å². The summed E-state index contributed by atoms with van der Waals surface area (Å²) >= 11 is 6.12. The third-order valence-electron chi connectivity index (χ3n) is 4.76. The first-order chi connectivity index (χ1) is 13.8. The minimum Gasteiger partial charge on any atom is -0.496 e. The van der Waals surface area contributed by atoms with Gasteiger partial charge in [0.1, 0.15) is 18.1 Å². The topological polar surface area (TPSA) is 61.7 Å². The first-order valence-corrected chi connectivity index (χ1v) is 9.86. The van der Waals surface area contributed by atoms with Crippen molar-refractivity contribution in [2.45, 2.75) is 52.1 Å². The fraction of sp³-hybridized carbons (Fsp3) is 0.455. The quantitative estimate of drug-likeness (QED) is 0.478. The lowest BCUT2D eigenvalue weighted by atomic mass is 9.91. The molecule has 0 aliphatic carbocycles. The van der Waals surface area contributed by atoms with Crippen LogP contribution in [0.15, 0.2) is 36.4 Å². The van der Waals surface area contributed by atoms with Crippen LogP contribution >= 0.6 is 11.6 Å². The second kappa shape index (κ2) is 9.45. The SMILES string of the molecule is COc1cccc(C(O)c2cc(Cl)ccc2NC(O)C(C)(C)C)c1CCC(F)(F)F. The number of ether oxygens (including phenoxy) is 1. The number of halogens is 4. The number of methoxy groups -OCH3 is 1. The molecule has 0 spiro atoms. The van der Waals surface area contributed by atoms with Gasteiger partial charge in [0.2, 0.25) is 0 Å². The molecule has 166 valence electrons. The van der Waals surface area contributed by atoms with Crippen LogP contribution in [0.2, 0.25) is 5.02 Å². The molecule has 0 radical (unpaired) electrons. The largest absolute Gasteiger partial charge is 0.496 e. The maximum atomic E-state index is 12.8. The van der Waals surface area contributed by atoms with Crippen LogP contribution < -0.4 is 10.1 Å². The van der Waals surface area contributed by atoms with Gasteiger partial charge in [-0.15, -0.1) is 0 Å². The summed E-state index contributed by atoms with van der Waals surface area (Å²) in [5.41, 5.74) is 0.836. The van der Waals surface area contributed by atoms with Gasteiger partial charge < -0.3 is 20.3 Å². The summed E-state index contributed by atoms with van der Waals surface area (Å²) in [6, 6.07) is 9.47. The molecular weight excluding hydrogens is 419 g/mol. The maximum Gasteiger partial charge on any atom is 0.389 e. The lowest BCUT2D eigenvalue weighted by Crippen LogP contribution is -2.34. The Hall–Kier alpha value is -1.96. The molecule has 2 rings (SSSR count). The smallest absolute Gasteiger partial charge is 0.389 e. The predicted molar refractivity (Wildman–Crippen MR) is 112 cm³/mol. The van der Waals surface area contributed by atoms with Gasteiger partial charge in [0.15, 0.2) is 0 Å². The van der Waals surface area contributed by atoms with Crippen LogP contribution in [-0.4, -0.2) is 29.7 Å². The molecule has 0 heterocycles. The number of rotatable bonds is 7. The van der Waals surface area contributed by atoms with Crippen LogP contribution in [0.3, 0.4) is 0 Å². The van der Waals surface area contributed by atoms with Crippen molar-refractivity contribution in [1.82, 2.24) is 0 Å². The number of hydrogen-bond donors (Lipinski definition) is 3. The minimum atomic E-state index is -4.34. The normalized spacial score (nSPS) is 14.3. The number of benzene rings is 2. The van der Waals surface area contributed by atoms with Crippen LogP contribution in [0.5, 0.6) is 5.75 Å². The van der Waals surface area contributed by atoms with Crippen molar-refractivity contribution in [3.63, 3.8) is 0 Å². The summed E-state index contributed by atoms with van der Waals surface area (Å²) < 4.78 is 43.8. The molecule has 0 saturated carbocycles. The van der Waals surface area contributed by atoms with Crippen LogP contribution in [0.1, 0.15) is 50.0 Å². The van der Waals surface area contributed by atoms with Gasteiger partial charge in [0, 0.05) is 33.7 Å². The number of hydrogen-bond acceptors (Lipinski definition) is 4. The highest BCUT2D eigenvalue weighted by Crippen LogP contribution is 2.37. The zero-order valence-electron chi connectivity index (χ0n) is 17.3. The van der Waals surface area contributed by atoms with Gasteiger partial charge in [-0.05, 0) is 36.2 Å². The maximum absolute atomic E-state index is 12.8. The molecule has 2 aromatic rings. The molecule has 0 fully saturated rings. The number of nitrogens with one attached hydrogen (secondary N) is 1. The summed E-state index contributed by atoms with van der Waals surface area (Å²) in [5.74, 6) is 0.266. The molecule has 2 aromatic carbocycles. The molecule has 0 aliphatic rings. The molecule has 3 N–H and O–H groups in total. The zero-order chi connectivity index (χ0) is 22.7. The Morgan fingerprint density at radius 3 is 2.30 bits per heavy atom. The van der Waals surface area contributed by atoms with E-state index in [1.165, 1.54) is 13.2 Å². The van der Waals surface area contributed by atoms with E-state index in [0.29, 0.717) is 16.3 Å². The first-order valence-electron chi connectivity index (χ1n) is 9.48. The third kappa shape index (κ3) is 6.27. The Labute approximate surface area is 179 Å². The van der Waals surface area contributed by atoms with Crippen molar-refractivity contribution < 1.29 is 28.1 Å².